The fourth-order valence-electron chi connectivity index (χ4n) is 1.98. The number of rotatable bonds is 10. The number of nitrogens with two attached hydrogens (primary N) is 1. The highest BCUT2D eigenvalue weighted by Crippen LogP contribution is 2.22. The van der Waals surface area contributed by atoms with Crippen molar-refractivity contribution in [3.05, 3.63) is 52.7 Å². The van der Waals surface area contributed by atoms with E-state index in [-0.39, 0.29) is 29.9 Å². The van der Waals surface area contributed by atoms with Crippen LogP contribution in [0.4, 0.5) is 16.2 Å². The molecule has 0 aliphatic heterocycles. The van der Waals surface area contributed by atoms with Crippen molar-refractivity contribution >= 4 is 41.5 Å². The van der Waals surface area contributed by atoms with Crippen LogP contribution in [0.25, 0.3) is 0 Å². The number of aromatic nitrogens is 2. The largest absolute Gasteiger partial charge is 0.395 e. The molecule has 27 heavy (non-hydrogen) atoms. The van der Waals surface area contributed by atoms with Gasteiger partial charge in [-0.25, -0.2) is 9.37 Å². The van der Waals surface area contributed by atoms with Crippen molar-refractivity contribution in [1.29, 1.82) is 5.41 Å². The van der Waals surface area contributed by atoms with Crippen molar-refractivity contribution < 1.29 is 9.50 Å². The lowest BCUT2D eigenvalue weighted by atomic mass is 10.2. The topological polar surface area (TPSA) is 132 Å². The van der Waals surface area contributed by atoms with E-state index in [2.05, 4.69) is 25.9 Å². The molecule has 1 aromatic heterocycles. The second-order valence-corrected chi connectivity index (χ2v) is 6.28. The Kier molecular flexibility index (Phi) is 8.27. The quantitative estimate of drug-likeness (QED) is 0.199. The summed E-state index contributed by atoms with van der Waals surface area (Å²) in [6.07, 6.45) is 3.98. The predicted octanol–water partition coefficient (Wildman–Crippen LogP) is 2.33. The van der Waals surface area contributed by atoms with Crippen LogP contribution in [0.2, 0.25) is 5.02 Å². The summed E-state index contributed by atoms with van der Waals surface area (Å²) in [6, 6.07) is 4.59. The van der Waals surface area contributed by atoms with Crippen LogP contribution in [0.1, 0.15) is 5.56 Å². The summed E-state index contributed by atoms with van der Waals surface area (Å²) < 4.78 is 13.9. The van der Waals surface area contributed by atoms with Gasteiger partial charge < -0.3 is 26.5 Å². The summed E-state index contributed by atoms with van der Waals surface area (Å²) in [7, 11) is 0. The van der Waals surface area contributed by atoms with Crippen LogP contribution in [-0.2, 0) is 6.54 Å². The van der Waals surface area contributed by atoms with E-state index in [1.54, 1.807) is 12.1 Å². The number of benzene rings is 1. The lowest BCUT2D eigenvalue weighted by Crippen LogP contribution is -2.15. The molecule has 2 rings (SSSR count). The maximum absolute atomic E-state index is 13.9. The Bertz CT molecular complexity index is 821. The van der Waals surface area contributed by atoms with Crippen molar-refractivity contribution in [2.24, 2.45) is 5.14 Å². The van der Waals surface area contributed by atoms with Crippen LogP contribution in [-0.4, -0.2) is 34.4 Å². The maximum atomic E-state index is 13.9. The van der Waals surface area contributed by atoms with Crippen LogP contribution in [0, 0.1) is 11.2 Å². The number of nitrogens with one attached hydrogen (secondary N) is 4. The van der Waals surface area contributed by atoms with Crippen molar-refractivity contribution in [3.8, 4) is 0 Å². The smallest absolute Gasteiger partial charge is 0.229 e. The van der Waals surface area contributed by atoms with Crippen LogP contribution < -0.4 is 21.1 Å². The monoisotopic (exact) mass is 411 g/mol. The van der Waals surface area contributed by atoms with Gasteiger partial charge in [-0.2, -0.15) is 4.98 Å². The molecule has 0 saturated heterocycles. The average molecular weight is 412 g/mol. The minimum Gasteiger partial charge on any atom is -0.395 e. The standard InChI is InChI=1S/C16H19ClFN7OS/c17-13-9-23-16(24-11(6-19)8-21-3-4-26)25-15(13)22-7-10-5-12(27-20)1-2-14(10)18/h1-2,5-6,8-9,19,21,26H,3-4,7,20H2,(H2,22,23,24,25)/b11-8+,19-6?. The number of aliphatic hydroxyl groups is 1. The molecule has 1 aromatic carbocycles. The third-order valence-electron chi connectivity index (χ3n) is 3.27. The summed E-state index contributed by atoms with van der Waals surface area (Å²) in [5.41, 5.74) is 0.804. The van der Waals surface area contributed by atoms with E-state index in [4.69, 9.17) is 27.3 Å². The number of hydrogen-bond acceptors (Lipinski definition) is 9. The second kappa shape index (κ2) is 10.7. The maximum Gasteiger partial charge on any atom is 0.229 e. The zero-order chi connectivity index (χ0) is 19.6. The van der Waals surface area contributed by atoms with Crippen LogP contribution in [0.3, 0.4) is 0 Å². The van der Waals surface area contributed by atoms with Gasteiger partial charge in [0.25, 0.3) is 0 Å². The second-order valence-electron chi connectivity index (χ2n) is 5.16. The lowest BCUT2D eigenvalue weighted by Gasteiger charge is -2.11. The first kappa shape index (κ1) is 20.9. The highest BCUT2D eigenvalue weighted by atomic mass is 35.5. The third-order valence-corrected chi connectivity index (χ3v) is 4.07. The summed E-state index contributed by atoms with van der Waals surface area (Å²) in [5, 5.41) is 30.5. The van der Waals surface area contributed by atoms with Crippen LogP contribution in [0.15, 0.2) is 41.2 Å². The molecule has 0 amide bonds. The van der Waals surface area contributed by atoms with E-state index in [0.29, 0.717) is 23.6 Å². The van der Waals surface area contributed by atoms with E-state index in [9.17, 15) is 4.39 Å². The number of aliphatic hydroxyl groups excluding tert-OH is 1. The van der Waals surface area contributed by atoms with Crippen LogP contribution in [0.5, 0.6) is 0 Å². The van der Waals surface area contributed by atoms with Gasteiger partial charge in [0.05, 0.1) is 18.5 Å². The Hall–Kier alpha value is -2.40. The molecule has 0 spiro atoms. The van der Waals surface area contributed by atoms with E-state index in [0.717, 1.165) is 23.1 Å². The Morgan fingerprint density at radius 1 is 1.44 bits per heavy atom. The van der Waals surface area contributed by atoms with Gasteiger partial charge in [0, 0.05) is 36.0 Å². The average Bonchev–Trinajstić information content (AvgIpc) is 2.68. The van der Waals surface area contributed by atoms with Gasteiger partial charge in [-0.05, 0) is 30.1 Å². The molecule has 0 saturated carbocycles. The zero-order valence-corrected chi connectivity index (χ0v) is 15.7. The minimum atomic E-state index is -0.368. The Balaban J connectivity index is 2.10. The molecule has 2 aromatic rings. The molecule has 0 bridgehead atoms. The summed E-state index contributed by atoms with van der Waals surface area (Å²) in [5.74, 6) is 0.147. The fraction of sp³-hybridized carbons (Fsp3) is 0.188. The molecule has 8 nitrogen and oxygen atoms in total. The number of anilines is 2. The van der Waals surface area contributed by atoms with Gasteiger partial charge in [0.15, 0.2) is 5.82 Å². The van der Waals surface area contributed by atoms with Crippen molar-refractivity contribution in [1.82, 2.24) is 15.3 Å². The molecular weight excluding hydrogens is 393 g/mol. The number of nitrogens with zero attached hydrogens (tertiary/aromatic N) is 2. The summed E-state index contributed by atoms with van der Waals surface area (Å²) in [4.78, 5) is 9.02. The van der Waals surface area contributed by atoms with Gasteiger partial charge in [-0.3, -0.25) is 5.14 Å². The number of halogens is 2. The molecule has 1 heterocycles. The van der Waals surface area contributed by atoms with E-state index in [1.165, 1.54) is 18.5 Å². The van der Waals surface area contributed by atoms with E-state index >= 15 is 0 Å². The molecule has 0 atom stereocenters. The Morgan fingerprint density at radius 2 is 2.26 bits per heavy atom. The molecular formula is C16H19ClFN7OS. The molecule has 0 aliphatic rings. The minimum absolute atomic E-state index is 0.0340. The Morgan fingerprint density at radius 3 is 2.96 bits per heavy atom. The zero-order valence-electron chi connectivity index (χ0n) is 14.2. The van der Waals surface area contributed by atoms with E-state index in [1.807, 2.05) is 0 Å². The van der Waals surface area contributed by atoms with E-state index < -0.39 is 0 Å². The van der Waals surface area contributed by atoms with Gasteiger partial charge in [0.2, 0.25) is 5.95 Å². The van der Waals surface area contributed by atoms with Crippen molar-refractivity contribution in [3.63, 3.8) is 0 Å². The highest BCUT2D eigenvalue weighted by molar-refractivity contribution is 7.97. The van der Waals surface area contributed by atoms with Gasteiger partial charge in [-0.1, -0.05) is 11.6 Å². The third kappa shape index (κ3) is 6.36. The van der Waals surface area contributed by atoms with Gasteiger partial charge in [-0.15, -0.1) is 0 Å². The number of allylic oxidation sites excluding steroid dienone is 1. The highest BCUT2D eigenvalue weighted by Gasteiger charge is 2.09. The Labute approximate surface area is 165 Å². The van der Waals surface area contributed by atoms with Gasteiger partial charge in [0.1, 0.15) is 10.8 Å². The molecule has 11 heteroatoms. The van der Waals surface area contributed by atoms with Gasteiger partial charge >= 0.3 is 0 Å². The fourth-order valence-corrected chi connectivity index (χ4v) is 2.49. The normalized spacial score (nSPS) is 11.2. The predicted molar refractivity (Wildman–Crippen MR) is 106 cm³/mol. The first-order chi connectivity index (χ1) is 13.1. The molecule has 144 valence electrons. The van der Waals surface area contributed by atoms with Crippen molar-refractivity contribution in [2.45, 2.75) is 11.4 Å². The lowest BCUT2D eigenvalue weighted by molar-refractivity contribution is 0.298. The molecule has 0 fully saturated rings. The number of hydrogen-bond donors (Lipinski definition) is 6. The summed E-state index contributed by atoms with van der Waals surface area (Å²) >= 11 is 7.13. The molecule has 0 aliphatic carbocycles. The first-order valence-electron chi connectivity index (χ1n) is 7.81. The SMILES string of the molecule is N=C/C(=C\NCCO)Nc1ncc(Cl)c(NCc2cc(SN)ccc2F)n1. The molecule has 7 N–H and O–H groups in total. The molecule has 0 unspecified atom stereocenters. The van der Waals surface area contributed by atoms with Crippen molar-refractivity contribution in [2.75, 3.05) is 23.8 Å². The summed E-state index contributed by atoms with van der Waals surface area (Å²) in [6.45, 7) is 0.467. The van der Waals surface area contributed by atoms with Crippen LogP contribution >= 0.6 is 23.5 Å². The molecule has 0 radical (unpaired) electrons. The first-order valence-corrected chi connectivity index (χ1v) is 9.06.